The van der Waals surface area contributed by atoms with E-state index in [0.717, 1.165) is 6.42 Å². The number of hydrogen-bond acceptors (Lipinski definition) is 3. The molecule has 0 heterocycles. The van der Waals surface area contributed by atoms with E-state index in [4.69, 9.17) is 10.00 Å². The molecule has 0 aliphatic heterocycles. The highest BCUT2D eigenvalue weighted by Crippen LogP contribution is 2.40. The molecule has 84 valence electrons. The van der Waals surface area contributed by atoms with Crippen LogP contribution in [0.4, 0.5) is 0 Å². The lowest BCUT2D eigenvalue weighted by atomic mass is 9.69. The zero-order valence-corrected chi connectivity index (χ0v) is 9.38. The summed E-state index contributed by atoms with van der Waals surface area (Å²) < 4.78 is 5.29. The lowest BCUT2D eigenvalue weighted by Crippen LogP contribution is -2.45. The van der Waals surface area contributed by atoms with Gasteiger partial charge in [0.15, 0.2) is 0 Å². The largest absolute Gasteiger partial charge is 0.377 e. The summed E-state index contributed by atoms with van der Waals surface area (Å²) in [6.07, 6.45) is 2.54. The quantitative estimate of drug-likeness (QED) is 0.694. The van der Waals surface area contributed by atoms with Crippen molar-refractivity contribution in [2.75, 3.05) is 13.2 Å². The molecule has 0 radical (unpaired) electrons. The Labute approximate surface area is 90.6 Å². The van der Waals surface area contributed by atoms with Crippen molar-refractivity contribution in [3.63, 3.8) is 0 Å². The van der Waals surface area contributed by atoms with Gasteiger partial charge >= 0.3 is 0 Å². The second kappa shape index (κ2) is 5.13. The third-order valence-corrected chi connectivity index (χ3v) is 2.69. The van der Waals surface area contributed by atoms with E-state index in [-0.39, 0.29) is 12.0 Å². The van der Waals surface area contributed by atoms with E-state index in [9.17, 15) is 4.79 Å². The van der Waals surface area contributed by atoms with E-state index in [1.165, 1.54) is 0 Å². The van der Waals surface area contributed by atoms with Gasteiger partial charge in [0.25, 0.3) is 0 Å². The first kappa shape index (κ1) is 12.0. The lowest BCUT2D eigenvalue weighted by molar-refractivity contribution is -0.132. The molecule has 0 aromatic carbocycles. The van der Waals surface area contributed by atoms with E-state index in [0.29, 0.717) is 26.0 Å². The summed E-state index contributed by atoms with van der Waals surface area (Å²) in [4.78, 5) is 11.6. The second-order valence-corrected chi connectivity index (χ2v) is 4.22. The van der Waals surface area contributed by atoms with Gasteiger partial charge in [-0.15, -0.1) is 0 Å². The molecular weight excluding hydrogens is 192 g/mol. The third kappa shape index (κ3) is 2.93. The molecule has 0 aromatic heterocycles. The first-order valence-corrected chi connectivity index (χ1v) is 5.42. The Morgan fingerprint density at radius 1 is 1.60 bits per heavy atom. The molecule has 1 saturated carbocycles. The molecule has 1 aliphatic rings. The fourth-order valence-electron chi connectivity index (χ4n) is 1.55. The van der Waals surface area contributed by atoms with Crippen molar-refractivity contribution < 1.29 is 9.53 Å². The van der Waals surface area contributed by atoms with Crippen LogP contribution in [0.1, 0.15) is 33.1 Å². The zero-order chi connectivity index (χ0) is 11.3. The molecule has 0 unspecified atom stereocenters. The molecule has 15 heavy (non-hydrogen) atoms. The molecule has 1 rings (SSSR count). The van der Waals surface area contributed by atoms with E-state index in [2.05, 4.69) is 11.4 Å². The summed E-state index contributed by atoms with van der Waals surface area (Å²) in [5.41, 5.74) is -0.738. The van der Waals surface area contributed by atoms with E-state index < -0.39 is 5.41 Å². The minimum atomic E-state index is -0.738. The average molecular weight is 210 g/mol. The molecule has 1 fully saturated rings. The van der Waals surface area contributed by atoms with Gasteiger partial charge < -0.3 is 10.1 Å². The summed E-state index contributed by atoms with van der Waals surface area (Å²) in [7, 11) is 0. The van der Waals surface area contributed by atoms with Gasteiger partial charge in [0.2, 0.25) is 5.91 Å². The fourth-order valence-corrected chi connectivity index (χ4v) is 1.55. The van der Waals surface area contributed by atoms with Gasteiger partial charge in [0.05, 0.1) is 18.8 Å². The number of nitriles is 1. The van der Waals surface area contributed by atoms with Crippen molar-refractivity contribution in [1.82, 2.24) is 5.32 Å². The van der Waals surface area contributed by atoms with Crippen molar-refractivity contribution in [2.45, 2.75) is 39.2 Å². The molecule has 0 saturated heterocycles. The fraction of sp³-hybridized carbons (Fsp3) is 0.818. The van der Waals surface area contributed by atoms with Crippen LogP contribution >= 0.6 is 0 Å². The van der Waals surface area contributed by atoms with Crippen molar-refractivity contribution >= 4 is 5.91 Å². The predicted octanol–water partition coefficient (Wildman–Crippen LogP) is 1.22. The Morgan fingerprint density at radius 3 is 2.67 bits per heavy atom. The highest BCUT2D eigenvalue weighted by atomic mass is 16.5. The van der Waals surface area contributed by atoms with Crippen LogP contribution in [0, 0.1) is 16.7 Å². The summed E-state index contributed by atoms with van der Waals surface area (Å²) in [6.45, 7) is 4.89. The number of nitrogens with one attached hydrogen (secondary N) is 1. The molecule has 1 aliphatic carbocycles. The van der Waals surface area contributed by atoms with Gasteiger partial charge in [-0.3, -0.25) is 4.79 Å². The first-order chi connectivity index (χ1) is 7.10. The number of carbonyl (C=O) groups is 1. The van der Waals surface area contributed by atoms with E-state index in [1.807, 2.05) is 13.8 Å². The molecule has 0 atom stereocenters. The van der Waals surface area contributed by atoms with Gasteiger partial charge in [0.1, 0.15) is 5.41 Å². The molecule has 1 amide bonds. The van der Waals surface area contributed by atoms with Gasteiger partial charge in [-0.2, -0.15) is 5.26 Å². The number of carbonyl (C=O) groups excluding carboxylic acids is 1. The van der Waals surface area contributed by atoms with Gasteiger partial charge in [-0.05, 0) is 33.1 Å². The van der Waals surface area contributed by atoms with Gasteiger partial charge in [0, 0.05) is 6.54 Å². The maximum Gasteiger partial charge on any atom is 0.240 e. The molecule has 0 aromatic rings. The highest BCUT2D eigenvalue weighted by Gasteiger charge is 2.44. The molecule has 4 nitrogen and oxygen atoms in total. The number of ether oxygens (including phenoxy) is 1. The molecular formula is C11H18N2O2. The van der Waals surface area contributed by atoms with Crippen LogP contribution in [0.2, 0.25) is 0 Å². The summed E-state index contributed by atoms with van der Waals surface area (Å²) >= 11 is 0. The SMILES string of the molecule is CC(C)OCCNC(=O)C1(C#N)CCC1. The lowest BCUT2D eigenvalue weighted by Gasteiger charge is -2.33. The maximum atomic E-state index is 11.6. The number of hydrogen-bond donors (Lipinski definition) is 1. The van der Waals surface area contributed by atoms with Crippen LogP contribution in [-0.4, -0.2) is 25.2 Å². The van der Waals surface area contributed by atoms with Crippen LogP contribution < -0.4 is 5.32 Å². The Hall–Kier alpha value is -1.08. The minimum absolute atomic E-state index is 0.136. The van der Waals surface area contributed by atoms with Crippen molar-refractivity contribution in [2.24, 2.45) is 5.41 Å². The van der Waals surface area contributed by atoms with Crippen LogP contribution in [0.25, 0.3) is 0 Å². The maximum absolute atomic E-state index is 11.6. The van der Waals surface area contributed by atoms with Crippen LogP contribution in [0.15, 0.2) is 0 Å². The topological polar surface area (TPSA) is 62.1 Å². The van der Waals surface area contributed by atoms with Crippen molar-refractivity contribution in [1.29, 1.82) is 5.26 Å². The predicted molar refractivity (Wildman–Crippen MR) is 56.0 cm³/mol. The third-order valence-electron chi connectivity index (χ3n) is 2.69. The Balaban J connectivity index is 2.22. The number of rotatable bonds is 5. The molecule has 0 spiro atoms. The standard InChI is InChI=1S/C11H18N2O2/c1-9(2)15-7-6-13-10(14)11(8-12)4-3-5-11/h9H,3-7H2,1-2H3,(H,13,14). The zero-order valence-electron chi connectivity index (χ0n) is 9.38. The van der Waals surface area contributed by atoms with E-state index in [1.54, 1.807) is 0 Å². The van der Waals surface area contributed by atoms with E-state index >= 15 is 0 Å². The Kier molecular flexibility index (Phi) is 4.10. The van der Waals surface area contributed by atoms with Crippen LogP contribution in [0.3, 0.4) is 0 Å². The number of amides is 1. The monoisotopic (exact) mass is 210 g/mol. The van der Waals surface area contributed by atoms with Crippen molar-refractivity contribution in [3.8, 4) is 6.07 Å². The molecule has 4 heteroatoms. The molecule has 0 bridgehead atoms. The van der Waals surface area contributed by atoms with Gasteiger partial charge in [-0.1, -0.05) is 0 Å². The van der Waals surface area contributed by atoms with Crippen LogP contribution in [-0.2, 0) is 9.53 Å². The highest BCUT2D eigenvalue weighted by molar-refractivity contribution is 5.86. The smallest absolute Gasteiger partial charge is 0.240 e. The van der Waals surface area contributed by atoms with Gasteiger partial charge in [-0.25, -0.2) is 0 Å². The summed E-state index contributed by atoms with van der Waals surface area (Å²) in [5, 5.41) is 11.7. The summed E-state index contributed by atoms with van der Waals surface area (Å²) in [5.74, 6) is -0.136. The normalized spacial score (nSPS) is 18.0. The first-order valence-electron chi connectivity index (χ1n) is 5.42. The number of nitrogens with zero attached hydrogens (tertiary/aromatic N) is 1. The minimum Gasteiger partial charge on any atom is -0.377 e. The second-order valence-electron chi connectivity index (χ2n) is 4.22. The van der Waals surface area contributed by atoms with Crippen molar-refractivity contribution in [3.05, 3.63) is 0 Å². The average Bonchev–Trinajstić information content (AvgIpc) is 2.11. The summed E-state index contributed by atoms with van der Waals surface area (Å²) in [6, 6.07) is 2.11. The Bertz CT molecular complexity index is 264. The van der Waals surface area contributed by atoms with Crippen LogP contribution in [0.5, 0.6) is 0 Å². The Morgan fingerprint density at radius 2 is 2.27 bits per heavy atom. The molecule has 1 N–H and O–H groups in total.